The zero-order valence-corrected chi connectivity index (χ0v) is 13.6. The Hall–Kier alpha value is -1.56. The third-order valence-electron chi connectivity index (χ3n) is 5.17. The van der Waals surface area contributed by atoms with Gasteiger partial charge in [-0.25, -0.2) is 9.78 Å². The molecule has 6 heteroatoms. The first-order valence-electron chi connectivity index (χ1n) is 8.23. The number of methoxy groups -OCH3 is 1. The summed E-state index contributed by atoms with van der Waals surface area (Å²) in [5, 5.41) is 0. The Kier molecular flexibility index (Phi) is 4.66. The van der Waals surface area contributed by atoms with Crippen molar-refractivity contribution in [2.45, 2.75) is 37.6 Å². The van der Waals surface area contributed by atoms with E-state index < -0.39 is 0 Å². The summed E-state index contributed by atoms with van der Waals surface area (Å²) in [5.41, 5.74) is 0. The van der Waals surface area contributed by atoms with Crippen LogP contribution in [-0.2, 0) is 11.8 Å². The summed E-state index contributed by atoms with van der Waals surface area (Å²) in [7, 11) is 3.54. The van der Waals surface area contributed by atoms with E-state index in [1.807, 2.05) is 17.3 Å². The molecule has 0 spiro atoms. The van der Waals surface area contributed by atoms with Crippen LogP contribution >= 0.6 is 0 Å². The van der Waals surface area contributed by atoms with Crippen LogP contribution in [0.2, 0.25) is 0 Å². The number of aryl methyl sites for hydroxylation is 1. The number of imidazole rings is 1. The monoisotopic (exact) mass is 306 g/mol. The van der Waals surface area contributed by atoms with Crippen LogP contribution in [0.3, 0.4) is 0 Å². The predicted molar refractivity (Wildman–Crippen MR) is 83.8 cm³/mol. The number of aromatic nitrogens is 2. The maximum absolute atomic E-state index is 11.5. The van der Waals surface area contributed by atoms with E-state index in [-0.39, 0.29) is 6.09 Å². The number of hydrogen-bond acceptors (Lipinski definition) is 4. The number of rotatable bonds is 2. The van der Waals surface area contributed by atoms with Gasteiger partial charge in [-0.2, -0.15) is 0 Å². The zero-order chi connectivity index (χ0) is 15.5. The number of carbonyl (C=O) groups excluding carboxylic acids is 1. The average molecular weight is 306 g/mol. The summed E-state index contributed by atoms with van der Waals surface area (Å²) in [6.45, 7) is 3.91. The Morgan fingerprint density at radius 1 is 1.18 bits per heavy atom. The van der Waals surface area contributed by atoms with E-state index in [1.54, 1.807) is 0 Å². The lowest BCUT2D eigenvalue weighted by molar-refractivity contribution is 0.0727. The molecule has 122 valence electrons. The molecular weight excluding hydrogens is 280 g/mol. The minimum absolute atomic E-state index is 0.188. The number of amides is 1. The molecule has 2 saturated heterocycles. The number of nitrogens with zero attached hydrogens (tertiary/aromatic N) is 4. The van der Waals surface area contributed by atoms with E-state index in [0.29, 0.717) is 12.0 Å². The zero-order valence-electron chi connectivity index (χ0n) is 13.6. The third-order valence-corrected chi connectivity index (χ3v) is 5.17. The van der Waals surface area contributed by atoms with Crippen LogP contribution in [0, 0.1) is 0 Å². The highest BCUT2D eigenvalue weighted by Crippen LogP contribution is 2.29. The predicted octanol–water partition coefficient (Wildman–Crippen LogP) is 1.83. The highest BCUT2D eigenvalue weighted by Gasteiger charge is 2.31. The molecule has 0 aromatic carbocycles. The van der Waals surface area contributed by atoms with E-state index in [1.165, 1.54) is 25.8 Å². The molecule has 6 nitrogen and oxygen atoms in total. The van der Waals surface area contributed by atoms with Crippen molar-refractivity contribution in [1.29, 1.82) is 0 Å². The third kappa shape index (κ3) is 3.11. The summed E-state index contributed by atoms with van der Waals surface area (Å²) in [5.74, 6) is 1.81. The molecule has 0 atom stereocenters. The summed E-state index contributed by atoms with van der Waals surface area (Å²) >= 11 is 0. The van der Waals surface area contributed by atoms with Crippen LogP contribution in [-0.4, -0.2) is 64.8 Å². The smallest absolute Gasteiger partial charge is 0.409 e. The molecule has 0 aliphatic carbocycles. The van der Waals surface area contributed by atoms with Crippen molar-refractivity contribution in [2.75, 3.05) is 33.3 Å². The standard InChI is InChI=1S/C16H26N4O2/c1-18-12-7-17-15(18)13-3-8-19(9-4-13)14-5-10-20(11-6-14)16(21)22-2/h7,12-14H,3-6,8-11H2,1-2H3. The topological polar surface area (TPSA) is 50.6 Å². The van der Waals surface area contributed by atoms with Gasteiger partial charge in [0.25, 0.3) is 0 Å². The van der Waals surface area contributed by atoms with Gasteiger partial charge in [-0.15, -0.1) is 0 Å². The molecular formula is C16H26N4O2. The summed E-state index contributed by atoms with van der Waals surface area (Å²) in [6, 6.07) is 0.614. The molecule has 2 aliphatic rings. The number of likely N-dealkylation sites (tertiary alicyclic amines) is 2. The fourth-order valence-electron chi connectivity index (χ4n) is 3.84. The molecule has 0 N–H and O–H groups in total. The van der Waals surface area contributed by atoms with Crippen LogP contribution in [0.1, 0.15) is 37.4 Å². The Bertz CT molecular complexity index is 500. The van der Waals surface area contributed by atoms with Gasteiger partial charge in [0, 0.05) is 44.5 Å². The van der Waals surface area contributed by atoms with Crippen LogP contribution in [0.25, 0.3) is 0 Å². The van der Waals surface area contributed by atoms with Gasteiger partial charge >= 0.3 is 6.09 Å². The Labute approximate surface area is 132 Å². The van der Waals surface area contributed by atoms with Crippen LogP contribution < -0.4 is 0 Å². The highest BCUT2D eigenvalue weighted by molar-refractivity contribution is 5.67. The second-order valence-electron chi connectivity index (χ2n) is 6.39. The molecule has 3 heterocycles. The van der Waals surface area contributed by atoms with Crippen molar-refractivity contribution in [3.63, 3.8) is 0 Å². The first-order valence-corrected chi connectivity index (χ1v) is 8.23. The normalized spacial score (nSPS) is 22.0. The van der Waals surface area contributed by atoms with Crippen LogP contribution in [0.5, 0.6) is 0 Å². The van der Waals surface area contributed by atoms with E-state index in [0.717, 1.165) is 39.0 Å². The Morgan fingerprint density at radius 3 is 2.41 bits per heavy atom. The number of piperidine rings is 2. The van der Waals surface area contributed by atoms with Gasteiger partial charge in [0.15, 0.2) is 0 Å². The molecule has 3 rings (SSSR count). The second kappa shape index (κ2) is 6.69. The van der Waals surface area contributed by atoms with Gasteiger partial charge in [-0.1, -0.05) is 0 Å². The molecule has 0 saturated carbocycles. The first kappa shape index (κ1) is 15.3. The molecule has 2 fully saturated rings. The van der Waals surface area contributed by atoms with Gasteiger partial charge in [-0.05, 0) is 38.8 Å². The summed E-state index contributed by atoms with van der Waals surface area (Å²) in [4.78, 5) is 20.5. The van der Waals surface area contributed by atoms with Gasteiger partial charge < -0.3 is 19.1 Å². The lowest BCUT2D eigenvalue weighted by Gasteiger charge is -2.41. The fourth-order valence-corrected chi connectivity index (χ4v) is 3.84. The summed E-state index contributed by atoms with van der Waals surface area (Å²) < 4.78 is 6.95. The number of hydrogen-bond donors (Lipinski definition) is 0. The maximum Gasteiger partial charge on any atom is 0.409 e. The second-order valence-corrected chi connectivity index (χ2v) is 6.39. The molecule has 0 unspecified atom stereocenters. The first-order chi connectivity index (χ1) is 10.7. The minimum Gasteiger partial charge on any atom is -0.453 e. The van der Waals surface area contributed by atoms with E-state index in [9.17, 15) is 4.79 Å². The molecule has 22 heavy (non-hydrogen) atoms. The van der Waals surface area contributed by atoms with E-state index in [4.69, 9.17) is 4.74 Å². The minimum atomic E-state index is -0.188. The fraction of sp³-hybridized carbons (Fsp3) is 0.750. The SMILES string of the molecule is COC(=O)N1CCC(N2CCC(c3nccn3C)CC2)CC1. The largest absolute Gasteiger partial charge is 0.453 e. The van der Waals surface area contributed by atoms with Crippen molar-refractivity contribution >= 4 is 6.09 Å². The van der Waals surface area contributed by atoms with Gasteiger partial charge in [0.2, 0.25) is 0 Å². The van der Waals surface area contributed by atoms with Crippen molar-refractivity contribution in [1.82, 2.24) is 19.4 Å². The molecule has 1 aromatic heterocycles. The van der Waals surface area contributed by atoms with Crippen molar-refractivity contribution in [3.05, 3.63) is 18.2 Å². The molecule has 0 radical (unpaired) electrons. The lowest BCUT2D eigenvalue weighted by Crippen LogP contribution is -2.48. The van der Waals surface area contributed by atoms with Gasteiger partial charge in [-0.3, -0.25) is 0 Å². The number of ether oxygens (including phenoxy) is 1. The average Bonchev–Trinajstić information content (AvgIpc) is 3.00. The Balaban J connectivity index is 1.48. The quantitative estimate of drug-likeness (QED) is 0.836. The van der Waals surface area contributed by atoms with Crippen LogP contribution in [0.4, 0.5) is 4.79 Å². The maximum atomic E-state index is 11.5. The van der Waals surface area contributed by atoms with Gasteiger partial charge in [0.1, 0.15) is 5.82 Å². The van der Waals surface area contributed by atoms with Gasteiger partial charge in [0.05, 0.1) is 7.11 Å². The highest BCUT2D eigenvalue weighted by atomic mass is 16.5. The number of carbonyl (C=O) groups is 1. The van der Waals surface area contributed by atoms with Crippen molar-refractivity contribution in [2.24, 2.45) is 7.05 Å². The van der Waals surface area contributed by atoms with E-state index in [2.05, 4.69) is 21.5 Å². The molecule has 1 amide bonds. The van der Waals surface area contributed by atoms with E-state index >= 15 is 0 Å². The Morgan fingerprint density at radius 2 is 1.86 bits per heavy atom. The van der Waals surface area contributed by atoms with Crippen LogP contribution in [0.15, 0.2) is 12.4 Å². The van der Waals surface area contributed by atoms with Crippen molar-refractivity contribution in [3.8, 4) is 0 Å². The lowest BCUT2D eigenvalue weighted by atomic mass is 9.93. The van der Waals surface area contributed by atoms with Crippen molar-refractivity contribution < 1.29 is 9.53 Å². The molecule has 0 bridgehead atoms. The molecule has 2 aliphatic heterocycles. The molecule has 1 aromatic rings. The summed E-state index contributed by atoms with van der Waals surface area (Å²) in [6.07, 6.45) is 8.22.